The molecule has 0 saturated heterocycles. The molecule has 0 atom stereocenters. The fraction of sp³-hybridized carbons (Fsp3) is 0.833. The number of aliphatic hydroxyl groups is 1. The number of aliphatic hydroxyl groups excluding tert-OH is 1. The van der Waals surface area contributed by atoms with Crippen molar-refractivity contribution in [1.82, 2.24) is 0 Å². The van der Waals surface area contributed by atoms with E-state index in [0.717, 1.165) is 12.8 Å². The summed E-state index contributed by atoms with van der Waals surface area (Å²) in [4.78, 5) is 0. The van der Waals surface area contributed by atoms with Crippen LogP contribution in [0.5, 0.6) is 0 Å². The second-order valence-electron chi connectivity index (χ2n) is 1.85. The molecular formula is C6H12OSe. The number of unbranched alkanes of at least 4 members (excludes halogenated alkanes) is 2. The predicted molar refractivity (Wildman–Crippen MR) is 36.8 cm³/mol. The fourth-order valence-corrected chi connectivity index (χ4v) is 0.829. The summed E-state index contributed by atoms with van der Waals surface area (Å²) in [6, 6.07) is 0. The molecule has 1 nitrogen and oxygen atoms in total. The van der Waals surface area contributed by atoms with Crippen LogP contribution in [0.3, 0.4) is 0 Å². The normalized spacial score (nSPS) is 9.12. The van der Waals surface area contributed by atoms with Crippen LogP contribution < -0.4 is 0 Å². The van der Waals surface area contributed by atoms with Crippen molar-refractivity contribution in [2.24, 2.45) is 0 Å². The molecule has 0 aliphatic heterocycles. The SMILES string of the molecule is CCCCCC(O)=[Se]. The average molecular weight is 179 g/mol. The van der Waals surface area contributed by atoms with Crippen LogP contribution >= 0.6 is 0 Å². The van der Waals surface area contributed by atoms with Crippen LogP contribution in [0.1, 0.15) is 32.6 Å². The predicted octanol–water partition coefficient (Wildman–Crippen LogP) is 1.24. The third kappa shape index (κ3) is 6.19. The molecule has 48 valence electrons. The zero-order chi connectivity index (χ0) is 6.41. The number of rotatable bonds is 4. The van der Waals surface area contributed by atoms with Crippen molar-refractivity contribution in [2.45, 2.75) is 32.6 Å². The zero-order valence-electron chi connectivity index (χ0n) is 5.18. The van der Waals surface area contributed by atoms with E-state index in [9.17, 15) is 0 Å². The summed E-state index contributed by atoms with van der Waals surface area (Å²) in [6.07, 6.45) is 4.36. The minimum atomic E-state index is 0.443. The van der Waals surface area contributed by atoms with Crippen LogP contribution in [0.2, 0.25) is 0 Å². The van der Waals surface area contributed by atoms with E-state index in [2.05, 4.69) is 22.5 Å². The van der Waals surface area contributed by atoms with E-state index < -0.39 is 0 Å². The Morgan fingerprint density at radius 2 is 2.12 bits per heavy atom. The van der Waals surface area contributed by atoms with Gasteiger partial charge in [0, 0.05) is 0 Å². The van der Waals surface area contributed by atoms with Crippen LogP contribution in [0.4, 0.5) is 0 Å². The van der Waals surface area contributed by atoms with Gasteiger partial charge in [0.1, 0.15) is 0 Å². The summed E-state index contributed by atoms with van der Waals surface area (Å²) in [7, 11) is 0. The van der Waals surface area contributed by atoms with Crippen LogP contribution in [-0.4, -0.2) is 25.3 Å². The molecule has 0 amide bonds. The molecule has 0 unspecified atom stereocenters. The summed E-state index contributed by atoms with van der Waals surface area (Å²) < 4.78 is 0.443. The molecule has 0 bridgehead atoms. The molecule has 0 heterocycles. The van der Waals surface area contributed by atoms with E-state index in [4.69, 9.17) is 5.11 Å². The Bertz CT molecular complexity index is 70.9. The third-order valence-corrected chi connectivity index (χ3v) is 1.42. The molecule has 0 aliphatic rings. The topological polar surface area (TPSA) is 20.2 Å². The van der Waals surface area contributed by atoms with Gasteiger partial charge in [-0.05, 0) is 0 Å². The van der Waals surface area contributed by atoms with Crippen molar-refractivity contribution < 1.29 is 5.11 Å². The van der Waals surface area contributed by atoms with Crippen molar-refractivity contribution in [2.75, 3.05) is 0 Å². The second-order valence-corrected chi connectivity index (χ2v) is 2.84. The van der Waals surface area contributed by atoms with Crippen LogP contribution in [0, 0.1) is 0 Å². The second kappa shape index (κ2) is 5.33. The van der Waals surface area contributed by atoms with Gasteiger partial charge < -0.3 is 0 Å². The molecule has 1 N–H and O–H groups in total. The molecule has 0 fully saturated rings. The van der Waals surface area contributed by atoms with Gasteiger partial charge in [-0.1, -0.05) is 0 Å². The van der Waals surface area contributed by atoms with Gasteiger partial charge in [0.2, 0.25) is 0 Å². The summed E-state index contributed by atoms with van der Waals surface area (Å²) in [5.41, 5.74) is 0. The summed E-state index contributed by atoms with van der Waals surface area (Å²) in [5, 5.41) is 8.64. The van der Waals surface area contributed by atoms with Crippen LogP contribution in [0.15, 0.2) is 0 Å². The molecular weight excluding hydrogens is 167 g/mol. The molecule has 0 aromatic heterocycles. The Kier molecular flexibility index (Phi) is 5.45. The van der Waals surface area contributed by atoms with Gasteiger partial charge in [0.25, 0.3) is 0 Å². The Balaban J connectivity index is 2.82. The molecule has 0 spiro atoms. The minimum absolute atomic E-state index is 0.443. The number of hydrogen-bond donors (Lipinski definition) is 1. The number of hydrogen-bond acceptors (Lipinski definition) is 1. The molecule has 0 aromatic carbocycles. The monoisotopic (exact) mass is 180 g/mol. The Morgan fingerprint density at radius 3 is 2.50 bits per heavy atom. The molecule has 0 aliphatic carbocycles. The first-order chi connectivity index (χ1) is 3.77. The average Bonchev–Trinajstić information content (AvgIpc) is 1.66. The standard InChI is InChI=1S/C6H12OSe/c1-2-3-4-5-6(7)8/h2-5H2,1H3,(H,7,8). The van der Waals surface area contributed by atoms with Crippen molar-refractivity contribution in [3.8, 4) is 0 Å². The van der Waals surface area contributed by atoms with Crippen LogP contribution in [-0.2, 0) is 0 Å². The summed E-state index contributed by atoms with van der Waals surface area (Å²) in [6.45, 7) is 2.15. The Hall–Kier alpha value is 0.189. The molecule has 0 rings (SSSR count). The van der Waals surface area contributed by atoms with Gasteiger partial charge >= 0.3 is 57.9 Å². The Morgan fingerprint density at radius 1 is 1.50 bits per heavy atom. The van der Waals surface area contributed by atoms with E-state index >= 15 is 0 Å². The molecule has 2 heteroatoms. The van der Waals surface area contributed by atoms with Crippen molar-refractivity contribution in [3.05, 3.63) is 0 Å². The van der Waals surface area contributed by atoms with E-state index in [-0.39, 0.29) is 0 Å². The molecule has 0 saturated carbocycles. The first kappa shape index (κ1) is 8.19. The Labute approximate surface area is 58.5 Å². The first-order valence-electron chi connectivity index (χ1n) is 2.99. The maximum absolute atomic E-state index is 8.64. The van der Waals surface area contributed by atoms with Crippen LogP contribution in [0.25, 0.3) is 0 Å². The van der Waals surface area contributed by atoms with Gasteiger partial charge in [-0.25, -0.2) is 0 Å². The molecule has 0 radical (unpaired) electrons. The van der Waals surface area contributed by atoms with Crippen molar-refractivity contribution in [3.63, 3.8) is 0 Å². The summed E-state index contributed by atoms with van der Waals surface area (Å²) >= 11 is 2.57. The fourth-order valence-electron chi connectivity index (χ4n) is 0.526. The van der Waals surface area contributed by atoms with Gasteiger partial charge in [-0.2, -0.15) is 0 Å². The van der Waals surface area contributed by atoms with E-state index in [1.54, 1.807) is 0 Å². The summed E-state index contributed by atoms with van der Waals surface area (Å²) in [5.74, 6) is 0. The van der Waals surface area contributed by atoms with Gasteiger partial charge in [0.05, 0.1) is 0 Å². The van der Waals surface area contributed by atoms with E-state index in [0.29, 0.717) is 4.60 Å². The first-order valence-corrected chi connectivity index (χ1v) is 3.84. The maximum atomic E-state index is 8.64. The van der Waals surface area contributed by atoms with Gasteiger partial charge in [0.15, 0.2) is 0 Å². The third-order valence-electron chi connectivity index (χ3n) is 0.994. The van der Waals surface area contributed by atoms with Gasteiger partial charge in [-0.3, -0.25) is 0 Å². The molecule has 8 heavy (non-hydrogen) atoms. The quantitative estimate of drug-likeness (QED) is 0.508. The molecule has 0 aromatic rings. The zero-order valence-corrected chi connectivity index (χ0v) is 6.90. The van der Waals surface area contributed by atoms with Crippen molar-refractivity contribution in [1.29, 1.82) is 0 Å². The van der Waals surface area contributed by atoms with E-state index in [1.807, 2.05) is 0 Å². The van der Waals surface area contributed by atoms with Crippen molar-refractivity contribution >= 4 is 20.2 Å². The van der Waals surface area contributed by atoms with Gasteiger partial charge in [-0.15, -0.1) is 0 Å². The van der Waals surface area contributed by atoms with E-state index in [1.165, 1.54) is 12.8 Å².